The smallest absolute Gasteiger partial charge is 0.387 e. The van der Waals surface area contributed by atoms with Crippen LogP contribution < -0.4 is 10.1 Å². The van der Waals surface area contributed by atoms with Crippen LogP contribution in [-0.2, 0) is 9.53 Å². The van der Waals surface area contributed by atoms with Gasteiger partial charge >= 0.3 is 12.6 Å². The number of carbonyl (C=O) groups is 2. The Balaban J connectivity index is 2.74. The number of carbonyl (C=O) groups excluding carboxylic acids is 1. The second-order valence-electron chi connectivity index (χ2n) is 3.65. The van der Waals surface area contributed by atoms with Crippen molar-refractivity contribution in [2.24, 2.45) is 0 Å². The lowest BCUT2D eigenvalue weighted by molar-refractivity contribution is -0.148. The van der Waals surface area contributed by atoms with Crippen LogP contribution in [0.3, 0.4) is 0 Å². The minimum atomic E-state index is -3.06. The molecular weight excluding hydrogens is 276 g/mol. The molecule has 6 nitrogen and oxygen atoms in total. The summed E-state index contributed by atoms with van der Waals surface area (Å²) in [5, 5.41) is 11.0. The number of carboxylic acids is 1. The van der Waals surface area contributed by atoms with E-state index in [2.05, 4.69) is 14.8 Å². The summed E-state index contributed by atoms with van der Waals surface area (Å²) in [7, 11) is 1.18. The molecule has 1 atom stereocenters. The zero-order chi connectivity index (χ0) is 15.1. The molecular formula is C12H13F2NO5. The van der Waals surface area contributed by atoms with Crippen molar-refractivity contribution < 1.29 is 33.0 Å². The Bertz CT molecular complexity index is 481. The normalized spacial score (nSPS) is 12.0. The van der Waals surface area contributed by atoms with Crippen molar-refractivity contribution in [2.45, 2.75) is 12.7 Å². The largest absolute Gasteiger partial charge is 0.479 e. The highest BCUT2D eigenvalue weighted by Crippen LogP contribution is 2.19. The van der Waals surface area contributed by atoms with Gasteiger partial charge in [-0.15, -0.1) is 0 Å². The van der Waals surface area contributed by atoms with Crippen LogP contribution >= 0.6 is 0 Å². The van der Waals surface area contributed by atoms with Crippen LogP contribution in [0, 0.1) is 0 Å². The maximum absolute atomic E-state index is 12.2. The molecule has 110 valence electrons. The molecule has 0 heterocycles. The summed E-state index contributed by atoms with van der Waals surface area (Å²) in [5.74, 6) is -2.27. The number of alkyl halides is 2. The quantitative estimate of drug-likeness (QED) is 0.785. The van der Waals surface area contributed by atoms with Crippen LogP contribution in [0.1, 0.15) is 10.4 Å². The van der Waals surface area contributed by atoms with Gasteiger partial charge in [-0.3, -0.25) is 4.79 Å². The van der Waals surface area contributed by atoms with E-state index >= 15 is 0 Å². The summed E-state index contributed by atoms with van der Waals surface area (Å²) in [6.07, 6.45) is -1.22. The zero-order valence-corrected chi connectivity index (χ0v) is 10.5. The van der Waals surface area contributed by atoms with Crippen LogP contribution in [0.25, 0.3) is 0 Å². The first-order valence-corrected chi connectivity index (χ1v) is 5.53. The number of amides is 1. The topological polar surface area (TPSA) is 84.9 Å². The highest BCUT2D eigenvalue weighted by atomic mass is 19.3. The van der Waals surface area contributed by atoms with Gasteiger partial charge < -0.3 is 19.9 Å². The number of aliphatic carboxylic acids is 1. The van der Waals surface area contributed by atoms with Crippen molar-refractivity contribution in [3.8, 4) is 5.75 Å². The summed E-state index contributed by atoms with van der Waals surface area (Å²) < 4.78 is 33.2. The fourth-order valence-electron chi connectivity index (χ4n) is 1.41. The van der Waals surface area contributed by atoms with Gasteiger partial charge in [-0.1, -0.05) is 12.1 Å². The van der Waals surface area contributed by atoms with Crippen LogP contribution in [0.15, 0.2) is 24.3 Å². The molecule has 0 bridgehead atoms. The SMILES string of the molecule is COC(CNC(=O)c1ccccc1OC(F)F)C(=O)O. The Morgan fingerprint density at radius 3 is 2.55 bits per heavy atom. The van der Waals surface area contributed by atoms with E-state index in [1.54, 1.807) is 0 Å². The predicted octanol–water partition coefficient (Wildman–Crippen LogP) is 1.12. The third-order valence-corrected chi connectivity index (χ3v) is 2.36. The van der Waals surface area contributed by atoms with E-state index in [9.17, 15) is 18.4 Å². The highest BCUT2D eigenvalue weighted by Gasteiger charge is 2.20. The average Bonchev–Trinajstić information content (AvgIpc) is 2.38. The van der Waals surface area contributed by atoms with Crippen molar-refractivity contribution in [2.75, 3.05) is 13.7 Å². The third-order valence-electron chi connectivity index (χ3n) is 2.36. The van der Waals surface area contributed by atoms with Crippen molar-refractivity contribution in [1.29, 1.82) is 0 Å². The second-order valence-corrected chi connectivity index (χ2v) is 3.65. The van der Waals surface area contributed by atoms with Crippen molar-refractivity contribution in [1.82, 2.24) is 5.32 Å². The van der Waals surface area contributed by atoms with Gasteiger partial charge in [-0.2, -0.15) is 8.78 Å². The van der Waals surface area contributed by atoms with Gasteiger partial charge in [-0.05, 0) is 12.1 Å². The Morgan fingerprint density at radius 1 is 1.35 bits per heavy atom. The lowest BCUT2D eigenvalue weighted by Crippen LogP contribution is -2.38. The molecule has 1 aromatic rings. The van der Waals surface area contributed by atoms with Gasteiger partial charge in [0.15, 0.2) is 6.10 Å². The van der Waals surface area contributed by atoms with Gasteiger partial charge in [0, 0.05) is 7.11 Å². The molecule has 0 radical (unpaired) electrons. The van der Waals surface area contributed by atoms with E-state index in [0.29, 0.717) is 0 Å². The molecule has 0 aliphatic carbocycles. The number of methoxy groups -OCH3 is 1. The summed E-state index contributed by atoms with van der Waals surface area (Å²) in [6, 6.07) is 5.41. The van der Waals surface area contributed by atoms with Gasteiger partial charge in [0.2, 0.25) is 0 Å². The number of carboxylic acid groups (broad SMARTS) is 1. The molecule has 0 aromatic heterocycles. The Hall–Kier alpha value is -2.22. The number of nitrogens with one attached hydrogen (secondary N) is 1. The zero-order valence-electron chi connectivity index (χ0n) is 10.5. The molecule has 2 N–H and O–H groups in total. The molecule has 1 unspecified atom stereocenters. The van der Waals surface area contributed by atoms with E-state index in [0.717, 1.165) is 0 Å². The Labute approximate surface area is 113 Å². The molecule has 0 saturated carbocycles. The Morgan fingerprint density at radius 2 is 2.00 bits per heavy atom. The first-order chi connectivity index (χ1) is 9.45. The first kappa shape index (κ1) is 15.8. The van der Waals surface area contributed by atoms with E-state index in [1.165, 1.54) is 31.4 Å². The summed E-state index contributed by atoms with van der Waals surface area (Å²) >= 11 is 0. The fourth-order valence-corrected chi connectivity index (χ4v) is 1.41. The maximum Gasteiger partial charge on any atom is 0.387 e. The molecule has 1 aromatic carbocycles. The number of hydrogen-bond donors (Lipinski definition) is 2. The molecule has 20 heavy (non-hydrogen) atoms. The minimum absolute atomic E-state index is 0.118. The lowest BCUT2D eigenvalue weighted by Gasteiger charge is -2.13. The first-order valence-electron chi connectivity index (χ1n) is 5.53. The minimum Gasteiger partial charge on any atom is -0.479 e. The van der Waals surface area contributed by atoms with Crippen molar-refractivity contribution in [3.63, 3.8) is 0 Å². The van der Waals surface area contributed by atoms with Crippen LogP contribution in [0.5, 0.6) is 5.75 Å². The van der Waals surface area contributed by atoms with E-state index in [1.807, 2.05) is 0 Å². The monoisotopic (exact) mass is 289 g/mol. The van der Waals surface area contributed by atoms with Crippen LogP contribution in [-0.4, -0.2) is 43.4 Å². The molecule has 0 spiro atoms. The molecule has 0 aliphatic rings. The van der Waals surface area contributed by atoms with Crippen LogP contribution in [0.2, 0.25) is 0 Å². The highest BCUT2D eigenvalue weighted by molar-refractivity contribution is 5.97. The number of rotatable bonds is 7. The van der Waals surface area contributed by atoms with Crippen molar-refractivity contribution in [3.05, 3.63) is 29.8 Å². The lowest BCUT2D eigenvalue weighted by atomic mass is 10.2. The Kier molecular flexibility index (Phi) is 5.85. The molecule has 0 saturated heterocycles. The van der Waals surface area contributed by atoms with Gasteiger partial charge in [0.25, 0.3) is 5.91 Å². The van der Waals surface area contributed by atoms with Crippen molar-refractivity contribution >= 4 is 11.9 Å². The van der Waals surface area contributed by atoms with E-state index in [4.69, 9.17) is 5.11 Å². The van der Waals surface area contributed by atoms with Crippen LogP contribution in [0.4, 0.5) is 8.78 Å². The van der Waals surface area contributed by atoms with E-state index < -0.39 is 24.6 Å². The number of halogens is 2. The molecule has 0 aliphatic heterocycles. The van der Waals surface area contributed by atoms with Gasteiger partial charge in [-0.25, -0.2) is 4.79 Å². The average molecular weight is 289 g/mol. The molecule has 0 fully saturated rings. The molecule has 1 rings (SSSR count). The fraction of sp³-hybridized carbons (Fsp3) is 0.333. The number of hydrogen-bond acceptors (Lipinski definition) is 4. The summed E-state index contributed by atoms with van der Waals surface area (Å²) in [4.78, 5) is 22.5. The van der Waals surface area contributed by atoms with Gasteiger partial charge in [0.05, 0.1) is 12.1 Å². The molecule has 1 amide bonds. The maximum atomic E-state index is 12.2. The third kappa shape index (κ3) is 4.47. The van der Waals surface area contributed by atoms with Gasteiger partial charge in [0.1, 0.15) is 5.75 Å². The summed E-state index contributed by atoms with van der Waals surface area (Å²) in [6.45, 7) is -3.36. The number of para-hydroxylation sites is 1. The number of ether oxygens (including phenoxy) is 2. The molecule has 8 heteroatoms. The standard InChI is InChI=1S/C12H13F2NO5/c1-19-9(11(17)18)6-15-10(16)7-4-2-3-5-8(7)20-12(13)14/h2-5,9,12H,6H2,1H3,(H,15,16)(H,17,18). The predicted molar refractivity (Wildman–Crippen MR) is 63.8 cm³/mol. The van der Waals surface area contributed by atoms with E-state index in [-0.39, 0.29) is 17.9 Å². The second kappa shape index (κ2) is 7.39. The number of benzene rings is 1. The summed E-state index contributed by atoms with van der Waals surface area (Å²) in [5.41, 5.74) is -0.118.